The molecule has 8 rings (SSSR count). The quantitative estimate of drug-likeness (QED) is 0.0717. The van der Waals surface area contributed by atoms with Crippen LogP contribution in [0.5, 0.6) is 11.5 Å². The van der Waals surface area contributed by atoms with Gasteiger partial charge in [0, 0.05) is 13.8 Å². The fourth-order valence-corrected chi connectivity index (χ4v) is 14.9. The fraction of sp³-hybridized carbons (Fsp3) is 0.524. The molecule has 0 bridgehead atoms. The van der Waals surface area contributed by atoms with Gasteiger partial charge in [-0.15, -0.1) is 0 Å². The Hall–Kier alpha value is -4.92. The monoisotopic (exact) mass is 1030 g/mol. The van der Waals surface area contributed by atoms with E-state index in [4.69, 9.17) is 42.1 Å². The van der Waals surface area contributed by atoms with Crippen molar-refractivity contribution in [1.29, 1.82) is 0 Å². The van der Waals surface area contributed by atoms with Crippen molar-refractivity contribution in [1.82, 2.24) is 0 Å². The summed E-state index contributed by atoms with van der Waals surface area (Å²) in [5, 5.41) is 0.0368. The molecular weight excluding hydrogens is 956 g/mol. The molecule has 73 heavy (non-hydrogen) atoms. The number of hydrogen-bond donors (Lipinski definition) is 0. The van der Waals surface area contributed by atoms with Crippen LogP contribution in [-0.4, -0.2) is 23.9 Å². The Bertz CT molecular complexity index is 2520. The van der Waals surface area contributed by atoms with E-state index in [9.17, 15) is 19.2 Å². The van der Waals surface area contributed by atoms with Gasteiger partial charge in [0.1, 0.15) is 24.3 Å². The SMILES string of the molecule is CC(=O)Oc1c(Cl)cc(C(=CCCC2CCC3(C)C(CCC4C3CCC3(C)C(C(C)CCCC(C)C)CCC43)C2)c2cc(Cl)c(OC(C)=O)c(C(=O)OCc3ccccc3)c2)cc1C(=O)OCc1ccccc1. The molecule has 4 aromatic carbocycles. The van der Waals surface area contributed by atoms with Crippen LogP contribution in [0.25, 0.3) is 5.57 Å². The average molecular weight is 1030 g/mol. The Kier molecular flexibility index (Phi) is 17.7. The van der Waals surface area contributed by atoms with Gasteiger partial charge in [-0.1, -0.05) is 144 Å². The van der Waals surface area contributed by atoms with Gasteiger partial charge in [-0.3, -0.25) is 9.59 Å². The van der Waals surface area contributed by atoms with Crippen molar-refractivity contribution in [2.24, 2.45) is 58.2 Å². The van der Waals surface area contributed by atoms with Crippen LogP contribution in [0, 0.1) is 58.2 Å². The van der Waals surface area contributed by atoms with Crippen molar-refractivity contribution < 1.29 is 38.1 Å². The van der Waals surface area contributed by atoms with Crippen LogP contribution in [0.15, 0.2) is 91.0 Å². The molecule has 0 radical (unpaired) electrons. The predicted octanol–water partition coefficient (Wildman–Crippen LogP) is 16.5. The Morgan fingerprint density at radius 2 is 1.19 bits per heavy atom. The van der Waals surface area contributed by atoms with Crippen molar-refractivity contribution >= 4 is 52.7 Å². The molecule has 390 valence electrons. The first-order valence-corrected chi connectivity index (χ1v) is 27.9. The predicted molar refractivity (Wildman–Crippen MR) is 290 cm³/mol. The van der Waals surface area contributed by atoms with Crippen LogP contribution >= 0.6 is 23.2 Å². The van der Waals surface area contributed by atoms with E-state index in [1.54, 1.807) is 24.3 Å². The molecule has 0 heterocycles. The van der Waals surface area contributed by atoms with Crippen LogP contribution in [-0.2, 0) is 32.3 Å². The van der Waals surface area contributed by atoms with Crippen molar-refractivity contribution in [3.8, 4) is 11.5 Å². The summed E-state index contributed by atoms with van der Waals surface area (Å²) in [6, 6.07) is 25.0. The van der Waals surface area contributed by atoms with Gasteiger partial charge < -0.3 is 18.9 Å². The maximum absolute atomic E-state index is 14.0. The van der Waals surface area contributed by atoms with Crippen LogP contribution in [0.2, 0.25) is 10.0 Å². The maximum atomic E-state index is 14.0. The largest absolute Gasteiger partial charge is 0.457 e. The number of allylic oxidation sites excluding steroid dienone is 1. The van der Waals surface area contributed by atoms with Gasteiger partial charge in [-0.2, -0.15) is 0 Å². The summed E-state index contributed by atoms with van der Waals surface area (Å²) >= 11 is 13.9. The van der Waals surface area contributed by atoms with E-state index < -0.39 is 23.9 Å². The summed E-state index contributed by atoms with van der Waals surface area (Å²) in [5.74, 6) is 3.14. The minimum Gasteiger partial charge on any atom is -0.457 e. The standard InChI is InChI=1S/C63H76Cl2O8/c1-39(2)16-14-17-40(3)53-26-27-54-50-25-24-48-32-43(28-30-62(48,6)55(50)29-31-63(53,54)7)22-15-23-49(46-33-51(58(56(64)35-46)72-41(4)66)60(68)70-37-44-18-10-8-11-19-44)47-34-52(59(57(65)36-47)73-42(5)67)61(69)71-38-45-20-12-9-13-21-45/h8-13,18-21,23,33-36,39-40,43,48,50,53-55H,14-17,22,24-32,37-38H2,1-7H3. The first-order chi connectivity index (χ1) is 34.9. The van der Waals surface area contributed by atoms with Crippen molar-refractivity contribution in [2.45, 2.75) is 152 Å². The molecule has 0 aliphatic heterocycles. The molecule has 0 amide bonds. The lowest BCUT2D eigenvalue weighted by molar-refractivity contribution is -0.132. The molecule has 0 aromatic heterocycles. The molecule has 9 atom stereocenters. The van der Waals surface area contributed by atoms with E-state index >= 15 is 0 Å². The highest BCUT2D eigenvalue weighted by atomic mass is 35.5. The van der Waals surface area contributed by atoms with Gasteiger partial charge >= 0.3 is 23.9 Å². The van der Waals surface area contributed by atoms with Gasteiger partial charge in [0.05, 0.1) is 10.0 Å². The van der Waals surface area contributed by atoms with Gasteiger partial charge in [0.2, 0.25) is 0 Å². The molecule has 4 aromatic rings. The molecule has 8 nitrogen and oxygen atoms in total. The lowest BCUT2D eigenvalue weighted by Crippen LogP contribution is -2.53. The van der Waals surface area contributed by atoms with Crippen LogP contribution in [0.4, 0.5) is 0 Å². The van der Waals surface area contributed by atoms with Gasteiger partial charge in [-0.25, -0.2) is 9.59 Å². The van der Waals surface area contributed by atoms with Crippen LogP contribution in [0.3, 0.4) is 0 Å². The number of ether oxygens (including phenoxy) is 4. The molecule has 4 saturated carbocycles. The number of halogens is 2. The van der Waals surface area contributed by atoms with Gasteiger partial charge in [0.15, 0.2) is 11.5 Å². The number of rotatable bonds is 18. The third-order valence-corrected chi connectivity index (χ3v) is 18.5. The number of fused-ring (bicyclic) bond motifs is 5. The molecule has 0 saturated heterocycles. The van der Waals surface area contributed by atoms with Crippen molar-refractivity contribution in [3.63, 3.8) is 0 Å². The summed E-state index contributed by atoms with van der Waals surface area (Å²) < 4.78 is 22.7. The second-order valence-corrected chi connectivity index (χ2v) is 23.8. The number of benzene rings is 4. The average Bonchev–Trinajstić information content (AvgIpc) is 3.72. The molecule has 0 spiro atoms. The zero-order valence-electron chi connectivity index (χ0n) is 44.1. The topological polar surface area (TPSA) is 105 Å². The van der Waals surface area contributed by atoms with E-state index in [0.717, 1.165) is 53.1 Å². The molecule has 4 aliphatic carbocycles. The first kappa shape index (κ1) is 54.3. The van der Waals surface area contributed by atoms with E-state index in [2.05, 4.69) is 40.7 Å². The third-order valence-electron chi connectivity index (χ3n) is 18.0. The van der Waals surface area contributed by atoms with Gasteiger partial charge in [-0.05, 0) is 181 Å². The minimum atomic E-state index is -0.737. The van der Waals surface area contributed by atoms with Crippen LogP contribution < -0.4 is 9.47 Å². The molecule has 0 N–H and O–H groups in total. The highest BCUT2D eigenvalue weighted by Gasteiger charge is 2.60. The lowest BCUT2D eigenvalue weighted by Gasteiger charge is -2.61. The normalized spacial score (nSPS) is 25.6. The second-order valence-electron chi connectivity index (χ2n) is 23.0. The van der Waals surface area contributed by atoms with Crippen molar-refractivity contribution in [3.05, 3.63) is 134 Å². The summed E-state index contributed by atoms with van der Waals surface area (Å²) in [7, 11) is 0. The number of carbonyl (C=O) groups excluding carboxylic acids is 4. The lowest BCUT2D eigenvalue weighted by atomic mass is 9.44. The summed E-state index contributed by atoms with van der Waals surface area (Å²) in [6.07, 6.45) is 19.7. The molecular formula is C63H76Cl2O8. The van der Waals surface area contributed by atoms with E-state index in [1.165, 1.54) is 90.9 Å². The van der Waals surface area contributed by atoms with Gasteiger partial charge in [0.25, 0.3) is 0 Å². The Balaban J connectivity index is 1.07. The summed E-state index contributed by atoms with van der Waals surface area (Å²) in [5.41, 5.74) is 3.94. The highest BCUT2D eigenvalue weighted by molar-refractivity contribution is 6.33. The zero-order valence-corrected chi connectivity index (χ0v) is 45.6. The first-order valence-electron chi connectivity index (χ1n) is 27.1. The van der Waals surface area contributed by atoms with Crippen molar-refractivity contribution in [2.75, 3.05) is 0 Å². The summed E-state index contributed by atoms with van der Waals surface area (Å²) in [4.78, 5) is 52.9. The summed E-state index contributed by atoms with van der Waals surface area (Å²) in [6.45, 7) is 15.1. The van der Waals surface area contributed by atoms with Crippen LogP contribution in [0.1, 0.15) is 181 Å². The van der Waals surface area contributed by atoms with E-state index in [1.807, 2.05) is 60.7 Å². The van der Waals surface area contributed by atoms with E-state index in [-0.39, 0.29) is 45.9 Å². The Labute approximate surface area is 444 Å². The smallest absolute Gasteiger partial charge is 0.342 e. The Morgan fingerprint density at radius 1 is 0.658 bits per heavy atom. The fourth-order valence-electron chi connectivity index (χ4n) is 14.4. The van der Waals surface area contributed by atoms with E-state index in [0.29, 0.717) is 45.8 Å². The second kappa shape index (κ2) is 23.7. The third kappa shape index (κ3) is 12.4. The minimum absolute atomic E-state index is 0.0184. The molecule has 4 aliphatic rings. The molecule has 9 unspecified atom stereocenters. The highest BCUT2D eigenvalue weighted by Crippen LogP contribution is 2.69. The number of hydrogen-bond acceptors (Lipinski definition) is 8. The Morgan fingerprint density at radius 3 is 1.73 bits per heavy atom. The molecule has 10 heteroatoms. The molecule has 4 fully saturated rings. The zero-order chi connectivity index (χ0) is 52.0. The maximum Gasteiger partial charge on any atom is 0.342 e. The number of esters is 4. The number of carbonyl (C=O) groups is 4.